The number of fused-ring (bicyclic) bond motifs is 2. The zero-order valence-electron chi connectivity index (χ0n) is 17.4. The Kier molecular flexibility index (Phi) is 4.97. The summed E-state index contributed by atoms with van der Waals surface area (Å²) in [5.41, 5.74) is 1.13. The van der Waals surface area contributed by atoms with E-state index in [0.29, 0.717) is 5.75 Å². The molecule has 29 heavy (non-hydrogen) atoms. The topological polar surface area (TPSA) is 43.4 Å². The van der Waals surface area contributed by atoms with E-state index in [2.05, 4.69) is 43.6 Å². The number of ketones is 2. The summed E-state index contributed by atoms with van der Waals surface area (Å²) < 4.78 is 7.01. The van der Waals surface area contributed by atoms with Gasteiger partial charge in [-0.1, -0.05) is 49.7 Å². The number of hydrogen-bond acceptors (Lipinski definition) is 3. The van der Waals surface area contributed by atoms with Crippen molar-refractivity contribution in [2.45, 2.75) is 52.9 Å². The van der Waals surface area contributed by atoms with Gasteiger partial charge in [0.2, 0.25) is 0 Å². The summed E-state index contributed by atoms with van der Waals surface area (Å²) in [5, 5.41) is 0. The predicted molar refractivity (Wildman–Crippen MR) is 117 cm³/mol. The third kappa shape index (κ3) is 3.07. The largest absolute Gasteiger partial charge is 0.457 e. The van der Waals surface area contributed by atoms with Gasteiger partial charge in [-0.2, -0.15) is 0 Å². The van der Waals surface area contributed by atoms with Crippen molar-refractivity contribution in [1.82, 2.24) is 0 Å². The van der Waals surface area contributed by atoms with Crippen LogP contribution in [0.4, 0.5) is 0 Å². The number of halogens is 1. The van der Waals surface area contributed by atoms with Crippen LogP contribution in [0.25, 0.3) is 0 Å². The first-order valence-corrected chi connectivity index (χ1v) is 11.1. The summed E-state index contributed by atoms with van der Waals surface area (Å²) >= 11 is 3.43. The second-order valence-electron chi connectivity index (χ2n) is 9.11. The van der Waals surface area contributed by atoms with Crippen LogP contribution in [0.5, 0.6) is 11.5 Å². The van der Waals surface area contributed by atoms with Crippen LogP contribution in [-0.2, 0) is 16.0 Å². The molecular formula is C25H27BrO3. The molecule has 2 aliphatic carbocycles. The summed E-state index contributed by atoms with van der Waals surface area (Å²) in [6, 6.07) is 13.4. The molecule has 0 aliphatic heterocycles. The molecule has 0 aromatic heterocycles. The van der Waals surface area contributed by atoms with Crippen LogP contribution >= 0.6 is 15.9 Å². The highest BCUT2D eigenvalue weighted by molar-refractivity contribution is 9.10. The fraction of sp³-hybridized carbons (Fsp3) is 0.440. The second-order valence-corrected chi connectivity index (χ2v) is 10.0. The molecule has 2 aliphatic rings. The Morgan fingerprint density at radius 2 is 1.69 bits per heavy atom. The van der Waals surface area contributed by atoms with Gasteiger partial charge in [0, 0.05) is 15.8 Å². The van der Waals surface area contributed by atoms with E-state index >= 15 is 0 Å². The smallest absolute Gasteiger partial charge is 0.154 e. The highest BCUT2D eigenvalue weighted by Crippen LogP contribution is 2.62. The maximum absolute atomic E-state index is 13.6. The van der Waals surface area contributed by atoms with Crippen molar-refractivity contribution in [2.24, 2.45) is 16.7 Å². The van der Waals surface area contributed by atoms with Gasteiger partial charge in [0.05, 0.1) is 0 Å². The zero-order valence-corrected chi connectivity index (χ0v) is 19.0. The molecular weight excluding hydrogens is 428 g/mol. The van der Waals surface area contributed by atoms with Crippen LogP contribution in [-0.4, -0.2) is 11.6 Å². The monoisotopic (exact) mass is 454 g/mol. The standard InChI is InChI=1S/C25H27BrO3/c1-5-15-6-9-18(29-17-10-7-16(26)8-11-17)14-19(15)21-22(27)20-12-13-25(4,23(21)28)24(20,2)3/h6-11,14,20-21H,5,12-13H2,1-4H3/t20-,21?,25+/m0/s1. The lowest BCUT2D eigenvalue weighted by Gasteiger charge is -2.46. The van der Waals surface area contributed by atoms with E-state index in [9.17, 15) is 9.59 Å². The van der Waals surface area contributed by atoms with Gasteiger partial charge in [0.25, 0.3) is 0 Å². The molecule has 0 spiro atoms. The predicted octanol–water partition coefficient (Wildman–Crippen LogP) is 6.48. The number of Topliss-reactive ketones (excluding diaryl/α,β-unsaturated/α-hetero) is 2. The van der Waals surface area contributed by atoms with Crippen molar-refractivity contribution in [3.8, 4) is 11.5 Å². The van der Waals surface area contributed by atoms with E-state index in [1.807, 2.05) is 42.5 Å². The molecule has 3 atom stereocenters. The number of carbonyl (C=O) groups excluding carboxylic acids is 2. The summed E-state index contributed by atoms with van der Waals surface area (Å²) in [6.45, 7) is 8.30. The Bertz CT molecular complexity index is 976. The number of ether oxygens (including phenoxy) is 1. The third-order valence-electron chi connectivity index (χ3n) is 7.52. The van der Waals surface area contributed by atoms with Gasteiger partial charge in [0.1, 0.15) is 17.4 Å². The molecule has 152 valence electrons. The molecule has 2 bridgehead atoms. The van der Waals surface area contributed by atoms with E-state index < -0.39 is 11.3 Å². The highest BCUT2D eigenvalue weighted by Gasteiger charge is 2.64. The Morgan fingerprint density at radius 3 is 2.34 bits per heavy atom. The van der Waals surface area contributed by atoms with Crippen molar-refractivity contribution in [1.29, 1.82) is 0 Å². The van der Waals surface area contributed by atoms with Crippen molar-refractivity contribution in [3.05, 3.63) is 58.1 Å². The molecule has 1 unspecified atom stereocenters. The summed E-state index contributed by atoms with van der Waals surface area (Å²) in [6.07, 6.45) is 2.37. The van der Waals surface area contributed by atoms with E-state index in [1.54, 1.807) is 0 Å². The maximum atomic E-state index is 13.6. The van der Waals surface area contributed by atoms with E-state index in [4.69, 9.17) is 4.74 Å². The molecule has 0 saturated heterocycles. The van der Waals surface area contributed by atoms with Crippen molar-refractivity contribution in [3.63, 3.8) is 0 Å². The molecule has 0 N–H and O–H groups in total. The summed E-state index contributed by atoms with van der Waals surface area (Å²) in [7, 11) is 0. The minimum Gasteiger partial charge on any atom is -0.457 e. The van der Waals surface area contributed by atoms with Crippen LogP contribution in [0.1, 0.15) is 57.6 Å². The minimum absolute atomic E-state index is 0.0593. The minimum atomic E-state index is -0.677. The molecule has 0 radical (unpaired) electrons. The second kappa shape index (κ2) is 7.09. The van der Waals surface area contributed by atoms with Crippen LogP contribution in [0.3, 0.4) is 0 Å². The van der Waals surface area contributed by atoms with Crippen LogP contribution in [0.15, 0.2) is 46.9 Å². The average molecular weight is 455 g/mol. The lowest BCUT2D eigenvalue weighted by atomic mass is 9.54. The number of hydrogen-bond donors (Lipinski definition) is 0. The number of benzene rings is 2. The lowest BCUT2D eigenvalue weighted by molar-refractivity contribution is -0.149. The molecule has 2 aromatic rings. The van der Waals surface area contributed by atoms with Gasteiger partial charge in [-0.3, -0.25) is 9.59 Å². The molecule has 3 nitrogen and oxygen atoms in total. The quantitative estimate of drug-likeness (QED) is 0.496. The average Bonchev–Trinajstić information content (AvgIpc) is 2.87. The van der Waals surface area contributed by atoms with Gasteiger partial charge in [0.15, 0.2) is 11.6 Å². The fourth-order valence-corrected chi connectivity index (χ4v) is 5.51. The van der Waals surface area contributed by atoms with Gasteiger partial charge in [-0.25, -0.2) is 0 Å². The van der Waals surface area contributed by atoms with Crippen LogP contribution in [0, 0.1) is 16.7 Å². The van der Waals surface area contributed by atoms with Gasteiger partial charge < -0.3 is 4.74 Å². The Labute approximate surface area is 181 Å². The van der Waals surface area contributed by atoms with Crippen LogP contribution < -0.4 is 4.74 Å². The van der Waals surface area contributed by atoms with E-state index in [1.165, 1.54) is 0 Å². The van der Waals surface area contributed by atoms with Gasteiger partial charge in [-0.15, -0.1) is 0 Å². The molecule has 4 heteroatoms. The molecule has 0 heterocycles. The lowest BCUT2D eigenvalue weighted by Crippen LogP contribution is -2.52. The van der Waals surface area contributed by atoms with Gasteiger partial charge >= 0.3 is 0 Å². The molecule has 2 fully saturated rings. The van der Waals surface area contributed by atoms with Crippen molar-refractivity contribution in [2.75, 3.05) is 0 Å². The van der Waals surface area contributed by atoms with E-state index in [0.717, 1.165) is 40.6 Å². The molecule has 2 saturated carbocycles. The number of carbonyl (C=O) groups is 2. The van der Waals surface area contributed by atoms with Gasteiger partial charge in [-0.05, 0) is 72.2 Å². The summed E-state index contributed by atoms with van der Waals surface area (Å²) in [5.74, 6) is 0.808. The molecule has 4 rings (SSSR count). The number of rotatable bonds is 4. The zero-order chi connectivity index (χ0) is 21.0. The van der Waals surface area contributed by atoms with Crippen molar-refractivity contribution < 1.29 is 14.3 Å². The Balaban J connectivity index is 1.75. The summed E-state index contributed by atoms with van der Waals surface area (Å²) in [4.78, 5) is 27.1. The normalized spacial score (nSPS) is 27.9. The first kappa shape index (κ1) is 20.3. The first-order chi connectivity index (χ1) is 13.7. The third-order valence-corrected chi connectivity index (χ3v) is 8.05. The highest BCUT2D eigenvalue weighted by atomic mass is 79.9. The fourth-order valence-electron chi connectivity index (χ4n) is 5.25. The van der Waals surface area contributed by atoms with E-state index in [-0.39, 0.29) is 22.9 Å². The Hall–Kier alpha value is -1.94. The maximum Gasteiger partial charge on any atom is 0.154 e. The van der Waals surface area contributed by atoms with Crippen LogP contribution in [0.2, 0.25) is 0 Å². The Morgan fingerprint density at radius 1 is 1.03 bits per heavy atom. The molecule has 2 aromatic carbocycles. The SMILES string of the molecule is CCc1ccc(Oc2ccc(Br)cc2)cc1C1C(=O)[C@@H]2CC[C@](C)(C1=O)C2(C)C. The number of aryl methyl sites for hydroxylation is 1. The first-order valence-electron chi connectivity index (χ1n) is 10.3. The van der Waals surface area contributed by atoms with Crippen molar-refractivity contribution >= 4 is 27.5 Å². The molecule has 0 amide bonds.